The van der Waals surface area contributed by atoms with Gasteiger partial charge in [0.15, 0.2) is 5.69 Å². The summed E-state index contributed by atoms with van der Waals surface area (Å²) in [6, 6.07) is 6.67. The van der Waals surface area contributed by atoms with Crippen molar-refractivity contribution in [2.24, 2.45) is 0 Å². The number of rotatable bonds is 3. The van der Waals surface area contributed by atoms with Crippen LogP contribution in [0.5, 0.6) is 0 Å². The van der Waals surface area contributed by atoms with Gasteiger partial charge in [0.25, 0.3) is 5.91 Å². The predicted molar refractivity (Wildman–Crippen MR) is 63.2 cm³/mol. The molecule has 0 bridgehead atoms. The summed E-state index contributed by atoms with van der Waals surface area (Å²) in [5.74, 6) is 0.375. The van der Waals surface area contributed by atoms with Crippen molar-refractivity contribution >= 4 is 11.6 Å². The van der Waals surface area contributed by atoms with Gasteiger partial charge in [-0.3, -0.25) is 4.79 Å². The van der Waals surface area contributed by atoms with Crippen LogP contribution in [0.15, 0.2) is 41.1 Å². The first kappa shape index (κ1) is 11.2. The molecule has 0 spiro atoms. The Morgan fingerprint density at radius 2 is 2.29 bits per heavy atom. The van der Waals surface area contributed by atoms with Crippen molar-refractivity contribution in [3.8, 4) is 0 Å². The number of furan rings is 1. The summed E-state index contributed by atoms with van der Waals surface area (Å²) in [5.41, 5.74) is 6.25. The molecule has 2 aromatic rings. The molecule has 5 heteroatoms. The van der Waals surface area contributed by atoms with E-state index in [9.17, 15) is 4.79 Å². The second-order valence-electron chi connectivity index (χ2n) is 3.65. The molecular formula is C12H13N3O2. The van der Waals surface area contributed by atoms with E-state index in [1.807, 2.05) is 6.92 Å². The summed E-state index contributed by atoms with van der Waals surface area (Å²) in [6.07, 6.45) is 3.09. The maximum atomic E-state index is 11.9. The fourth-order valence-electron chi connectivity index (χ4n) is 1.48. The smallest absolute Gasteiger partial charge is 0.272 e. The number of aromatic nitrogens is 1. The van der Waals surface area contributed by atoms with Gasteiger partial charge >= 0.3 is 0 Å². The standard InChI is InChI=1S/C12H13N3O2/c1-8(10-5-3-7-17-10)15-12(16)11-9(13)4-2-6-14-11/h2-8H,13H2,1H3,(H,15,16)/t8-/m1/s1. The lowest BCUT2D eigenvalue weighted by molar-refractivity contribution is 0.0931. The van der Waals surface area contributed by atoms with E-state index in [0.29, 0.717) is 11.4 Å². The highest BCUT2D eigenvalue weighted by Crippen LogP contribution is 2.14. The monoisotopic (exact) mass is 231 g/mol. The molecule has 0 radical (unpaired) electrons. The molecule has 0 fully saturated rings. The highest BCUT2D eigenvalue weighted by Gasteiger charge is 2.15. The third-order valence-corrected chi connectivity index (χ3v) is 2.37. The Kier molecular flexibility index (Phi) is 3.09. The van der Waals surface area contributed by atoms with Crippen molar-refractivity contribution in [2.45, 2.75) is 13.0 Å². The fraction of sp³-hybridized carbons (Fsp3) is 0.167. The number of pyridine rings is 1. The summed E-state index contributed by atoms with van der Waals surface area (Å²) in [6.45, 7) is 1.83. The van der Waals surface area contributed by atoms with E-state index < -0.39 is 0 Å². The summed E-state index contributed by atoms with van der Waals surface area (Å²) in [5, 5.41) is 2.76. The quantitative estimate of drug-likeness (QED) is 0.843. The minimum Gasteiger partial charge on any atom is -0.467 e. The number of nitrogen functional groups attached to an aromatic ring is 1. The Labute approximate surface area is 98.6 Å². The molecule has 17 heavy (non-hydrogen) atoms. The number of carbonyl (C=O) groups is 1. The molecule has 1 amide bonds. The maximum Gasteiger partial charge on any atom is 0.272 e. The summed E-state index contributed by atoms with van der Waals surface area (Å²) < 4.78 is 5.20. The average molecular weight is 231 g/mol. The summed E-state index contributed by atoms with van der Waals surface area (Å²) >= 11 is 0. The first-order valence-corrected chi connectivity index (χ1v) is 5.23. The van der Waals surface area contributed by atoms with Gasteiger partial charge in [0.2, 0.25) is 0 Å². The molecule has 2 aromatic heterocycles. The highest BCUT2D eigenvalue weighted by molar-refractivity contribution is 5.97. The number of nitrogens with one attached hydrogen (secondary N) is 1. The third-order valence-electron chi connectivity index (χ3n) is 2.37. The number of hydrogen-bond donors (Lipinski definition) is 2. The summed E-state index contributed by atoms with van der Waals surface area (Å²) in [4.78, 5) is 15.8. The zero-order valence-corrected chi connectivity index (χ0v) is 9.38. The second kappa shape index (κ2) is 4.69. The first-order valence-electron chi connectivity index (χ1n) is 5.23. The van der Waals surface area contributed by atoms with Crippen molar-refractivity contribution in [1.29, 1.82) is 0 Å². The van der Waals surface area contributed by atoms with Crippen LogP contribution in [0.4, 0.5) is 5.69 Å². The lowest BCUT2D eigenvalue weighted by atomic mass is 10.2. The van der Waals surface area contributed by atoms with Crippen LogP contribution in [-0.2, 0) is 0 Å². The van der Waals surface area contributed by atoms with E-state index in [2.05, 4.69) is 10.3 Å². The zero-order valence-electron chi connectivity index (χ0n) is 9.38. The zero-order chi connectivity index (χ0) is 12.3. The van der Waals surface area contributed by atoms with Gasteiger partial charge < -0.3 is 15.5 Å². The van der Waals surface area contributed by atoms with Crippen LogP contribution in [-0.4, -0.2) is 10.9 Å². The number of carbonyl (C=O) groups excluding carboxylic acids is 1. The average Bonchev–Trinajstić information content (AvgIpc) is 2.82. The number of nitrogens with two attached hydrogens (primary N) is 1. The number of amides is 1. The van der Waals surface area contributed by atoms with Crippen molar-refractivity contribution in [3.05, 3.63) is 48.2 Å². The van der Waals surface area contributed by atoms with Crippen LogP contribution >= 0.6 is 0 Å². The Hall–Kier alpha value is -2.30. The van der Waals surface area contributed by atoms with Gasteiger partial charge in [0, 0.05) is 6.20 Å². The molecule has 0 saturated carbocycles. The van der Waals surface area contributed by atoms with E-state index in [1.165, 1.54) is 6.20 Å². The fourth-order valence-corrected chi connectivity index (χ4v) is 1.48. The maximum absolute atomic E-state index is 11.9. The SMILES string of the molecule is C[C@@H](NC(=O)c1ncccc1N)c1ccco1. The molecule has 88 valence electrons. The number of anilines is 1. The minimum absolute atomic E-state index is 0.223. The van der Waals surface area contributed by atoms with Crippen LogP contribution in [0, 0.1) is 0 Å². The second-order valence-corrected chi connectivity index (χ2v) is 3.65. The lowest BCUT2D eigenvalue weighted by Crippen LogP contribution is -2.27. The van der Waals surface area contributed by atoms with Crippen LogP contribution in [0.1, 0.15) is 29.2 Å². The molecule has 0 aliphatic rings. The topological polar surface area (TPSA) is 81.2 Å². The number of hydrogen-bond acceptors (Lipinski definition) is 4. The Balaban J connectivity index is 2.10. The molecule has 5 nitrogen and oxygen atoms in total. The Bertz CT molecular complexity index is 508. The number of nitrogens with zero attached hydrogens (tertiary/aromatic N) is 1. The van der Waals surface area contributed by atoms with E-state index in [-0.39, 0.29) is 17.6 Å². The van der Waals surface area contributed by atoms with Gasteiger partial charge in [-0.15, -0.1) is 0 Å². The largest absolute Gasteiger partial charge is 0.467 e. The summed E-state index contributed by atoms with van der Waals surface area (Å²) in [7, 11) is 0. The van der Waals surface area contributed by atoms with Gasteiger partial charge in [0.05, 0.1) is 18.0 Å². The Morgan fingerprint density at radius 3 is 2.94 bits per heavy atom. The van der Waals surface area contributed by atoms with E-state index in [4.69, 9.17) is 10.2 Å². The van der Waals surface area contributed by atoms with Gasteiger partial charge in [-0.1, -0.05) is 0 Å². The molecule has 0 aliphatic carbocycles. The minimum atomic E-state index is -0.313. The van der Waals surface area contributed by atoms with E-state index in [0.717, 1.165) is 0 Å². The van der Waals surface area contributed by atoms with Crippen LogP contribution in [0.25, 0.3) is 0 Å². The van der Waals surface area contributed by atoms with Crippen molar-refractivity contribution in [2.75, 3.05) is 5.73 Å². The predicted octanol–water partition coefficient (Wildman–Crippen LogP) is 1.75. The van der Waals surface area contributed by atoms with Crippen LogP contribution in [0.2, 0.25) is 0 Å². The van der Waals surface area contributed by atoms with Crippen molar-refractivity contribution < 1.29 is 9.21 Å². The van der Waals surface area contributed by atoms with Gasteiger partial charge in [-0.25, -0.2) is 4.98 Å². The first-order chi connectivity index (χ1) is 8.18. The normalized spacial score (nSPS) is 12.1. The highest BCUT2D eigenvalue weighted by atomic mass is 16.3. The molecule has 0 aromatic carbocycles. The van der Waals surface area contributed by atoms with Crippen LogP contribution in [0.3, 0.4) is 0 Å². The van der Waals surface area contributed by atoms with Gasteiger partial charge in [-0.05, 0) is 31.2 Å². The molecule has 0 unspecified atom stereocenters. The molecule has 3 N–H and O–H groups in total. The Morgan fingerprint density at radius 1 is 1.47 bits per heavy atom. The molecule has 2 rings (SSSR count). The third kappa shape index (κ3) is 2.44. The molecule has 0 saturated heterocycles. The van der Waals surface area contributed by atoms with Crippen LogP contribution < -0.4 is 11.1 Å². The molecule has 2 heterocycles. The van der Waals surface area contributed by atoms with E-state index in [1.54, 1.807) is 30.5 Å². The molecule has 0 aliphatic heterocycles. The van der Waals surface area contributed by atoms with Gasteiger partial charge in [0.1, 0.15) is 5.76 Å². The van der Waals surface area contributed by atoms with E-state index >= 15 is 0 Å². The van der Waals surface area contributed by atoms with Gasteiger partial charge in [-0.2, -0.15) is 0 Å². The molecular weight excluding hydrogens is 218 g/mol. The van der Waals surface area contributed by atoms with Crippen molar-refractivity contribution in [3.63, 3.8) is 0 Å². The molecule has 1 atom stereocenters. The van der Waals surface area contributed by atoms with Crippen molar-refractivity contribution in [1.82, 2.24) is 10.3 Å². The lowest BCUT2D eigenvalue weighted by Gasteiger charge is -2.11.